The van der Waals surface area contributed by atoms with Crippen LogP contribution in [0.5, 0.6) is 0 Å². The first kappa shape index (κ1) is 25.8. The Kier molecular flexibility index (Phi) is 7.97. The molecule has 0 aliphatic carbocycles. The lowest BCUT2D eigenvalue weighted by Crippen LogP contribution is -2.80. The molecule has 0 amide bonds. The van der Waals surface area contributed by atoms with Crippen LogP contribution in [0.3, 0.4) is 0 Å². The van der Waals surface area contributed by atoms with Crippen LogP contribution < -0.4 is 0 Å². The molecule has 1 unspecified atom stereocenters. The van der Waals surface area contributed by atoms with Gasteiger partial charge in [-0.25, -0.2) is 0 Å². The Balaban J connectivity index is 2.41. The number of carbonyl (C=O) groups excluding carboxylic acids is 2. The van der Waals surface area contributed by atoms with E-state index in [9.17, 15) is 30.0 Å². The number of carbonyl (C=O) groups is 2. The molecule has 1 heterocycles. The van der Waals surface area contributed by atoms with Gasteiger partial charge in [0.25, 0.3) is 0 Å². The fourth-order valence-corrected chi connectivity index (χ4v) is 4.50. The van der Waals surface area contributed by atoms with Crippen LogP contribution in [0.15, 0.2) is 30.3 Å². The van der Waals surface area contributed by atoms with Crippen LogP contribution in [0.1, 0.15) is 19.4 Å². The summed E-state index contributed by atoms with van der Waals surface area (Å²) in [5, 5.41) is 44.0. The smallest absolute Gasteiger partial charge is 0.212 e. The molecule has 1 fully saturated rings. The number of benzene rings is 1. The molecule has 0 aromatic heterocycles. The van der Waals surface area contributed by atoms with E-state index in [1.807, 2.05) is 6.07 Å². The summed E-state index contributed by atoms with van der Waals surface area (Å²) >= 11 is 0. The zero-order valence-electron chi connectivity index (χ0n) is 18.7. The van der Waals surface area contributed by atoms with E-state index < -0.39 is 55.4 Å². The zero-order chi connectivity index (χ0) is 23.6. The molecule has 4 N–H and O–H groups in total. The first-order valence-electron chi connectivity index (χ1n) is 10.4. The normalized spacial score (nSPS) is 32.5. The van der Waals surface area contributed by atoms with Crippen LogP contribution in [0.4, 0.5) is 0 Å². The number of rotatable bonds is 9. The lowest BCUT2D eigenvalue weighted by Gasteiger charge is -2.53. The molecule has 1 saturated heterocycles. The average Bonchev–Trinajstić information content (AvgIpc) is 2.67. The molecule has 174 valence electrons. The van der Waals surface area contributed by atoms with E-state index in [-0.39, 0.29) is 13.0 Å². The maximum atomic E-state index is 12.4. The molecule has 0 radical (unpaired) electrons. The van der Waals surface area contributed by atoms with E-state index in [4.69, 9.17) is 9.47 Å². The second kappa shape index (κ2) is 9.58. The molecule has 1 aromatic carbocycles. The standard InChI is InChI=1S/C22H34O8Si/c1-14(23)21(27)19(26)18(17(25)13-16-9-7-6-8-10-16)30-20(22(21,28)15(2)24)29-11-12-31(3,4)5/h6-10,17-20,25-28H,11-13H2,1-5H3/t17?,18-,19+,20+,21+,22+/m1/s1. The van der Waals surface area contributed by atoms with Gasteiger partial charge in [-0.2, -0.15) is 0 Å². The second-order valence-electron chi connectivity index (χ2n) is 9.46. The van der Waals surface area contributed by atoms with E-state index in [1.165, 1.54) is 0 Å². The fraction of sp³-hybridized carbons (Fsp3) is 0.636. The van der Waals surface area contributed by atoms with Crippen LogP contribution in [0.2, 0.25) is 25.7 Å². The highest BCUT2D eigenvalue weighted by Crippen LogP contribution is 2.41. The van der Waals surface area contributed by atoms with E-state index in [2.05, 4.69) is 19.6 Å². The highest BCUT2D eigenvalue weighted by molar-refractivity contribution is 6.76. The Bertz CT molecular complexity index is 779. The van der Waals surface area contributed by atoms with Crippen LogP contribution in [-0.4, -0.2) is 82.5 Å². The third kappa shape index (κ3) is 5.14. The summed E-state index contributed by atoms with van der Waals surface area (Å²) in [6.07, 6.45) is -6.58. The summed E-state index contributed by atoms with van der Waals surface area (Å²) in [5.41, 5.74) is -5.01. The Labute approximate surface area is 183 Å². The minimum atomic E-state index is -2.91. The highest BCUT2D eigenvalue weighted by atomic mass is 28.3. The summed E-state index contributed by atoms with van der Waals surface area (Å²) in [7, 11) is -1.55. The van der Waals surface area contributed by atoms with Gasteiger partial charge in [0.2, 0.25) is 5.60 Å². The second-order valence-corrected chi connectivity index (χ2v) is 15.1. The van der Waals surface area contributed by atoms with E-state index in [1.54, 1.807) is 24.3 Å². The van der Waals surface area contributed by atoms with Crippen LogP contribution in [0, 0.1) is 0 Å². The predicted molar refractivity (Wildman–Crippen MR) is 116 cm³/mol. The Morgan fingerprint density at radius 2 is 1.65 bits per heavy atom. The Morgan fingerprint density at radius 3 is 2.13 bits per heavy atom. The zero-order valence-corrected chi connectivity index (χ0v) is 19.7. The fourth-order valence-electron chi connectivity index (χ4n) is 3.77. The van der Waals surface area contributed by atoms with Gasteiger partial charge in [0.1, 0.15) is 12.2 Å². The minimum Gasteiger partial charge on any atom is -0.390 e. The van der Waals surface area contributed by atoms with Gasteiger partial charge in [-0.1, -0.05) is 50.0 Å². The minimum absolute atomic E-state index is 0.0523. The van der Waals surface area contributed by atoms with Crippen molar-refractivity contribution in [2.24, 2.45) is 0 Å². The maximum Gasteiger partial charge on any atom is 0.212 e. The van der Waals surface area contributed by atoms with Crippen molar-refractivity contribution in [3.8, 4) is 0 Å². The van der Waals surface area contributed by atoms with E-state index >= 15 is 0 Å². The largest absolute Gasteiger partial charge is 0.390 e. The molecule has 1 aromatic rings. The molecule has 8 nitrogen and oxygen atoms in total. The van der Waals surface area contributed by atoms with Crippen molar-refractivity contribution in [2.45, 2.75) is 81.8 Å². The molecule has 1 aliphatic rings. The number of aliphatic hydroxyl groups is 4. The summed E-state index contributed by atoms with van der Waals surface area (Å²) in [4.78, 5) is 24.9. The number of hydrogen-bond donors (Lipinski definition) is 4. The van der Waals surface area contributed by atoms with Gasteiger partial charge in [0.05, 0.1) is 6.10 Å². The van der Waals surface area contributed by atoms with Gasteiger partial charge in [-0.05, 0) is 25.5 Å². The summed E-state index contributed by atoms with van der Waals surface area (Å²) in [6.45, 7) is 8.38. The van der Waals surface area contributed by atoms with Crippen molar-refractivity contribution in [3.05, 3.63) is 35.9 Å². The van der Waals surface area contributed by atoms with Crippen molar-refractivity contribution < 1.29 is 39.5 Å². The van der Waals surface area contributed by atoms with E-state index in [0.717, 1.165) is 19.4 Å². The molecule has 0 bridgehead atoms. The van der Waals surface area contributed by atoms with Crippen LogP contribution in [0.25, 0.3) is 0 Å². The SMILES string of the molecule is CC(=O)[C@]1(O)[C@@H](OCC[Si](C)(C)C)O[C@H](C(O)Cc2ccccc2)[C@H](O)[C@@]1(O)C(C)=O. The molecule has 9 heteroatoms. The molecule has 31 heavy (non-hydrogen) atoms. The van der Waals surface area contributed by atoms with Gasteiger partial charge >= 0.3 is 0 Å². The number of hydrogen-bond acceptors (Lipinski definition) is 8. The van der Waals surface area contributed by atoms with E-state index in [0.29, 0.717) is 6.04 Å². The average molecular weight is 455 g/mol. The summed E-state index contributed by atoms with van der Waals surface area (Å²) < 4.78 is 11.3. The number of ether oxygens (including phenoxy) is 2. The highest BCUT2D eigenvalue weighted by Gasteiger charge is 2.71. The molecule has 1 aliphatic heterocycles. The summed E-state index contributed by atoms with van der Waals surface area (Å²) in [6, 6.07) is 9.57. The Hall–Kier alpha value is -1.46. The number of ketones is 2. The van der Waals surface area contributed by atoms with Crippen molar-refractivity contribution in [3.63, 3.8) is 0 Å². The third-order valence-corrected chi connectivity index (χ3v) is 7.51. The van der Waals surface area contributed by atoms with Crippen molar-refractivity contribution >= 4 is 19.6 Å². The quantitative estimate of drug-likeness (QED) is 0.400. The molecule has 0 saturated carbocycles. The van der Waals surface area contributed by atoms with Gasteiger partial charge < -0.3 is 29.9 Å². The predicted octanol–water partition coefficient (Wildman–Crippen LogP) is 0.671. The monoisotopic (exact) mass is 454 g/mol. The van der Waals surface area contributed by atoms with Gasteiger partial charge in [0.15, 0.2) is 23.5 Å². The molecular weight excluding hydrogens is 420 g/mol. The molecule has 2 rings (SSSR count). The number of aliphatic hydroxyl groups excluding tert-OH is 2. The van der Waals surface area contributed by atoms with Crippen molar-refractivity contribution in [2.75, 3.05) is 6.61 Å². The lowest BCUT2D eigenvalue weighted by atomic mass is 9.68. The Morgan fingerprint density at radius 1 is 1.10 bits per heavy atom. The molecule has 6 atom stereocenters. The van der Waals surface area contributed by atoms with Crippen molar-refractivity contribution in [1.29, 1.82) is 0 Å². The summed E-state index contributed by atoms with van der Waals surface area (Å²) in [5.74, 6) is -2.02. The topological polar surface area (TPSA) is 134 Å². The van der Waals surface area contributed by atoms with Gasteiger partial charge in [-0.3, -0.25) is 9.59 Å². The molecule has 0 spiro atoms. The number of Topliss-reactive ketones (excluding diaryl/α,β-unsaturated/α-hetero) is 2. The van der Waals surface area contributed by atoms with Crippen molar-refractivity contribution in [1.82, 2.24) is 0 Å². The van der Waals surface area contributed by atoms with Crippen LogP contribution in [-0.2, 0) is 25.5 Å². The third-order valence-electron chi connectivity index (χ3n) is 5.80. The lowest BCUT2D eigenvalue weighted by molar-refractivity contribution is -0.355. The van der Waals surface area contributed by atoms with Crippen LogP contribution >= 0.6 is 0 Å². The van der Waals surface area contributed by atoms with Gasteiger partial charge in [0, 0.05) is 21.1 Å². The van der Waals surface area contributed by atoms with Gasteiger partial charge in [-0.15, -0.1) is 0 Å². The first-order chi connectivity index (χ1) is 14.2. The first-order valence-corrected chi connectivity index (χ1v) is 14.1. The molecular formula is C22H34O8Si. The maximum absolute atomic E-state index is 12.4.